The van der Waals surface area contributed by atoms with Crippen LogP contribution in [0.2, 0.25) is 30.7 Å². The molecule has 0 N–H and O–H groups in total. The van der Waals surface area contributed by atoms with Gasteiger partial charge in [-0.3, -0.25) is 0 Å². The van der Waals surface area contributed by atoms with Crippen molar-refractivity contribution in [2.75, 3.05) is 6.61 Å². The molecule has 27 heavy (non-hydrogen) atoms. The van der Waals surface area contributed by atoms with E-state index in [0.29, 0.717) is 46.5 Å². The lowest BCUT2D eigenvalue weighted by Crippen LogP contribution is -2.22. The number of aromatic nitrogens is 2. The molecular weight excluding hydrogens is 383 g/mol. The van der Waals surface area contributed by atoms with Crippen molar-refractivity contribution in [3.8, 4) is 11.5 Å². The summed E-state index contributed by atoms with van der Waals surface area (Å²) in [7, 11) is -1.13. The Hall–Kier alpha value is -1.89. The predicted octanol–water partition coefficient (Wildman–Crippen LogP) is 6.24. The molecular formula is C20H24ClFN2O2Si. The minimum atomic E-state index is -1.13. The van der Waals surface area contributed by atoms with Crippen LogP contribution in [0.3, 0.4) is 0 Å². The molecule has 0 unspecified atom stereocenters. The van der Waals surface area contributed by atoms with Crippen LogP contribution in [0, 0.1) is 12.7 Å². The van der Waals surface area contributed by atoms with Crippen LogP contribution in [0.1, 0.15) is 5.56 Å². The Kier molecular flexibility index (Phi) is 5.88. The summed E-state index contributed by atoms with van der Waals surface area (Å²) in [5, 5.41) is 1.21. The highest BCUT2D eigenvalue weighted by atomic mass is 35.5. The third kappa shape index (κ3) is 4.89. The first-order valence-electron chi connectivity index (χ1n) is 8.90. The summed E-state index contributed by atoms with van der Waals surface area (Å²) in [6, 6.07) is 7.60. The van der Waals surface area contributed by atoms with Crippen LogP contribution in [0.15, 0.2) is 36.7 Å². The topological polar surface area (TPSA) is 36.3 Å². The van der Waals surface area contributed by atoms with Gasteiger partial charge in [-0.05, 0) is 30.7 Å². The smallest absolute Gasteiger partial charge is 0.147 e. The maximum atomic E-state index is 13.8. The molecule has 0 saturated carbocycles. The van der Waals surface area contributed by atoms with Crippen molar-refractivity contribution >= 4 is 30.7 Å². The normalized spacial score (nSPS) is 11.9. The molecule has 0 spiro atoms. The molecule has 1 aromatic carbocycles. The number of ether oxygens (including phenoxy) is 2. The number of aryl methyl sites for hydroxylation is 1. The van der Waals surface area contributed by atoms with Gasteiger partial charge in [0.2, 0.25) is 0 Å². The van der Waals surface area contributed by atoms with Crippen molar-refractivity contribution in [2.24, 2.45) is 0 Å². The molecule has 3 rings (SSSR count). The Morgan fingerprint density at radius 1 is 1.22 bits per heavy atom. The number of benzene rings is 1. The maximum Gasteiger partial charge on any atom is 0.147 e. The van der Waals surface area contributed by atoms with E-state index in [9.17, 15) is 4.39 Å². The molecule has 0 fully saturated rings. The Balaban J connectivity index is 1.81. The minimum absolute atomic E-state index is 0.308. The molecule has 2 aromatic heterocycles. The van der Waals surface area contributed by atoms with Crippen LogP contribution < -0.4 is 4.74 Å². The number of hydrogen-bond acceptors (Lipinski definition) is 3. The predicted molar refractivity (Wildman–Crippen MR) is 110 cm³/mol. The number of halogens is 2. The molecule has 0 amide bonds. The monoisotopic (exact) mass is 406 g/mol. The second-order valence-corrected chi connectivity index (χ2v) is 13.8. The van der Waals surface area contributed by atoms with Crippen LogP contribution in [0.25, 0.3) is 11.0 Å². The average molecular weight is 407 g/mol. The van der Waals surface area contributed by atoms with E-state index in [2.05, 4.69) is 24.6 Å². The summed E-state index contributed by atoms with van der Waals surface area (Å²) in [6.45, 7) is 9.75. The van der Waals surface area contributed by atoms with E-state index in [1.165, 1.54) is 6.07 Å². The highest BCUT2D eigenvalue weighted by molar-refractivity contribution is 6.76. The number of hydrogen-bond donors (Lipinski definition) is 0. The molecule has 0 bridgehead atoms. The molecule has 0 aliphatic rings. The van der Waals surface area contributed by atoms with Gasteiger partial charge in [-0.1, -0.05) is 37.3 Å². The van der Waals surface area contributed by atoms with Crippen molar-refractivity contribution in [2.45, 2.75) is 39.3 Å². The standard InChI is InChI=1S/C20H24ClFN2O2Si/c1-14-5-6-15(11-17(14)22)26-18-7-8-23-20-19(18)16(21)12-24(20)13-25-9-10-27(2,3)4/h5-8,11-12H,9-10,13H2,1-4H3. The van der Waals surface area contributed by atoms with Crippen LogP contribution in [-0.4, -0.2) is 24.2 Å². The zero-order valence-electron chi connectivity index (χ0n) is 16.1. The van der Waals surface area contributed by atoms with E-state index in [1.807, 2.05) is 4.57 Å². The number of rotatable bonds is 7. The number of nitrogens with zero attached hydrogens (tertiary/aromatic N) is 2. The third-order valence-corrected chi connectivity index (χ3v) is 6.26. The fraction of sp³-hybridized carbons (Fsp3) is 0.350. The molecule has 7 heteroatoms. The van der Waals surface area contributed by atoms with Gasteiger partial charge in [0, 0.05) is 33.1 Å². The molecule has 0 atom stereocenters. The van der Waals surface area contributed by atoms with Crippen LogP contribution in [-0.2, 0) is 11.5 Å². The quantitative estimate of drug-likeness (QED) is 0.344. The zero-order valence-corrected chi connectivity index (χ0v) is 17.8. The lowest BCUT2D eigenvalue weighted by Gasteiger charge is -2.15. The molecule has 2 heterocycles. The molecule has 0 aliphatic heterocycles. The Labute approximate surface area is 164 Å². The minimum Gasteiger partial charge on any atom is -0.456 e. The third-order valence-electron chi connectivity index (χ3n) is 4.27. The highest BCUT2D eigenvalue weighted by Crippen LogP contribution is 2.35. The molecule has 4 nitrogen and oxygen atoms in total. The van der Waals surface area contributed by atoms with E-state index in [0.717, 1.165) is 6.04 Å². The van der Waals surface area contributed by atoms with Gasteiger partial charge < -0.3 is 14.0 Å². The van der Waals surface area contributed by atoms with Gasteiger partial charge in [-0.25, -0.2) is 9.37 Å². The maximum absolute atomic E-state index is 13.8. The van der Waals surface area contributed by atoms with Gasteiger partial charge in [-0.2, -0.15) is 0 Å². The van der Waals surface area contributed by atoms with E-state index in [4.69, 9.17) is 21.1 Å². The molecule has 0 saturated heterocycles. The van der Waals surface area contributed by atoms with Gasteiger partial charge in [0.15, 0.2) is 0 Å². The van der Waals surface area contributed by atoms with Crippen molar-refractivity contribution in [1.82, 2.24) is 9.55 Å². The van der Waals surface area contributed by atoms with Crippen molar-refractivity contribution < 1.29 is 13.9 Å². The second-order valence-electron chi connectivity index (χ2n) is 7.82. The lowest BCUT2D eigenvalue weighted by atomic mass is 10.2. The lowest BCUT2D eigenvalue weighted by molar-refractivity contribution is 0.0899. The van der Waals surface area contributed by atoms with Crippen LogP contribution in [0.4, 0.5) is 4.39 Å². The highest BCUT2D eigenvalue weighted by Gasteiger charge is 2.16. The van der Waals surface area contributed by atoms with Gasteiger partial charge in [-0.15, -0.1) is 0 Å². The summed E-state index contributed by atoms with van der Waals surface area (Å²) in [4.78, 5) is 4.42. The zero-order chi connectivity index (χ0) is 19.6. The fourth-order valence-corrected chi connectivity index (χ4v) is 3.68. The van der Waals surface area contributed by atoms with Gasteiger partial charge >= 0.3 is 0 Å². The first-order chi connectivity index (χ1) is 12.7. The SMILES string of the molecule is Cc1ccc(Oc2ccnc3c2c(Cl)cn3COCC[Si](C)(C)C)cc1F. The first-order valence-corrected chi connectivity index (χ1v) is 13.0. The summed E-state index contributed by atoms with van der Waals surface area (Å²) >= 11 is 6.43. The average Bonchev–Trinajstić information content (AvgIpc) is 2.91. The summed E-state index contributed by atoms with van der Waals surface area (Å²) < 4.78 is 27.4. The number of pyridine rings is 1. The van der Waals surface area contributed by atoms with E-state index >= 15 is 0 Å². The fourth-order valence-electron chi connectivity index (χ4n) is 2.63. The van der Waals surface area contributed by atoms with Crippen molar-refractivity contribution in [1.29, 1.82) is 0 Å². The number of fused-ring (bicyclic) bond motifs is 1. The molecule has 144 valence electrons. The van der Waals surface area contributed by atoms with Crippen molar-refractivity contribution in [3.63, 3.8) is 0 Å². The van der Waals surface area contributed by atoms with Crippen LogP contribution in [0.5, 0.6) is 11.5 Å². The molecule has 0 aliphatic carbocycles. The Morgan fingerprint density at radius 2 is 2.00 bits per heavy atom. The Morgan fingerprint density at radius 3 is 2.70 bits per heavy atom. The first kappa shape index (κ1) is 19.9. The summed E-state index contributed by atoms with van der Waals surface area (Å²) in [5.41, 5.74) is 1.25. The van der Waals surface area contributed by atoms with Gasteiger partial charge in [0.25, 0.3) is 0 Å². The van der Waals surface area contributed by atoms with Crippen molar-refractivity contribution in [3.05, 3.63) is 53.1 Å². The van der Waals surface area contributed by atoms with E-state index in [1.54, 1.807) is 37.5 Å². The molecule has 0 radical (unpaired) electrons. The second kappa shape index (κ2) is 8.00. The Bertz CT molecular complexity index is 953. The van der Waals surface area contributed by atoms with Gasteiger partial charge in [0.1, 0.15) is 29.7 Å². The van der Waals surface area contributed by atoms with Crippen LogP contribution >= 0.6 is 11.6 Å². The molecule has 3 aromatic rings. The largest absolute Gasteiger partial charge is 0.456 e. The summed E-state index contributed by atoms with van der Waals surface area (Å²) in [5.74, 6) is 0.646. The van der Waals surface area contributed by atoms with E-state index in [-0.39, 0.29) is 5.82 Å². The van der Waals surface area contributed by atoms with E-state index < -0.39 is 8.07 Å². The van der Waals surface area contributed by atoms with Gasteiger partial charge in [0.05, 0.1) is 10.4 Å². The summed E-state index contributed by atoms with van der Waals surface area (Å²) in [6.07, 6.45) is 3.44.